The Morgan fingerprint density at radius 3 is 2.67 bits per heavy atom. The number of aromatic nitrogens is 1. The smallest absolute Gasteiger partial charge is 0.354 e. The second-order valence-electron chi connectivity index (χ2n) is 3.53. The fourth-order valence-corrected chi connectivity index (χ4v) is 1.44. The average Bonchev–Trinajstić information content (AvgIpc) is 2.39. The van der Waals surface area contributed by atoms with Crippen LogP contribution in [0.15, 0.2) is 42.5 Å². The number of hydrogen-bond donors (Lipinski definition) is 2. The van der Waals surface area contributed by atoms with Crippen LogP contribution < -0.4 is 4.74 Å². The minimum absolute atomic E-state index is 0.0889. The van der Waals surface area contributed by atoms with E-state index in [1.165, 1.54) is 6.07 Å². The largest absolute Gasteiger partial charge is 0.477 e. The monoisotopic (exact) mass is 245 g/mol. The van der Waals surface area contributed by atoms with E-state index in [1.807, 2.05) is 0 Å². The molecule has 0 unspecified atom stereocenters. The minimum atomic E-state index is -1.11. The summed E-state index contributed by atoms with van der Waals surface area (Å²) in [5.41, 5.74) is 0.522. The molecular weight excluding hydrogens is 234 g/mol. The van der Waals surface area contributed by atoms with E-state index in [0.717, 1.165) is 0 Å². The van der Waals surface area contributed by atoms with Gasteiger partial charge in [0.15, 0.2) is 5.69 Å². The van der Waals surface area contributed by atoms with E-state index in [1.54, 1.807) is 36.4 Å². The molecule has 1 aromatic carbocycles. The lowest BCUT2D eigenvalue weighted by Crippen LogP contribution is -2.01. The summed E-state index contributed by atoms with van der Waals surface area (Å²) < 4.78 is 5.46. The van der Waals surface area contributed by atoms with Gasteiger partial charge >= 0.3 is 5.97 Å². The maximum Gasteiger partial charge on any atom is 0.354 e. The number of carbonyl (C=O) groups is 1. The van der Waals surface area contributed by atoms with Crippen molar-refractivity contribution in [1.82, 2.24) is 4.98 Å². The van der Waals surface area contributed by atoms with Crippen LogP contribution >= 0.6 is 0 Å². The number of aliphatic hydroxyl groups excluding tert-OH is 1. The lowest BCUT2D eigenvalue weighted by molar-refractivity contribution is 0.0689. The van der Waals surface area contributed by atoms with Crippen LogP contribution in [-0.2, 0) is 6.61 Å². The number of rotatable bonds is 4. The third kappa shape index (κ3) is 2.64. The second-order valence-corrected chi connectivity index (χ2v) is 3.53. The number of ether oxygens (including phenoxy) is 1. The number of aliphatic hydroxyl groups is 1. The van der Waals surface area contributed by atoms with Crippen LogP contribution in [0.4, 0.5) is 0 Å². The molecule has 0 saturated heterocycles. The molecule has 5 heteroatoms. The molecule has 0 aliphatic heterocycles. The summed E-state index contributed by atoms with van der Waals surface area (Å²) in [4.78, 5) is 14.6. The Morgan fingerprint density at radius 1 is 1.17 bits per heavy atom. The third-order valence-electron chi connectivity index (χ3n) is 2.30. The van der Waals surface area contributed by atoms with Crippen LogP contribution in [-0.4, -0.2) is 21.2 Å². The fraction of sp³-hybridized carbons (Fsp3) is 0.0769. The zero-order chi connectivity index (χ0) is 13.0. The zero-order valence-electron chi connectivity index (χ0n) is 9.41. The summed E-state index contributed by atoms with van der Waals surface area (Å²) in [5.74, 6) is -0.485. The van der Waals surface area contributed by atoms with Crippen molar-refractivity contribution in [2.45, 2.75) is 6.61 Å². The number of pyridine rings is 1. The molecule has 0 amide bonds. The standard InChI is InChI=1S/C13H11NO4/c15-8-9-4-1-2-6-11(9)18-12-7-3-5-10(14-12)13(16)17/h1-7,15H,8H2,(H,16,17). The third-order valence-corrected chi connectivity index (χ3v) is 2.30. The van der Waals surface area contributed by atoms with Crippen LogP contribution in [0.2, 0.25) is 0 Å². The predicted molar refractivity (Wildman–Crippen MR) is 63.6 cm³/mol. The van der Waals surface area contributed by atoms with E-state index in [9.17, 15) is 4.79 Å². The average molecular weight is 245 g/mol. The SMILES string of the molecule is O=C(O)c1cccc(Oc2ccccc2CO)n1. The lowest BCUT2D eigenvalue weighted by Gasteiger charge is -2.08. The number of nitrogens with zero attached hydrogens (tertiary/aromatic N) is 1. The maximum atomic E-state index is 10.8. The van der Waals surface area contributed by atoms with Crippen molar-refractivity contribution in [1.29, 1.82) is 0 Å². The van der Waals surface area contributed by atoms with Crippen LogP contribution in [0, 0.1) is 0 Å². The molecule has 0 atom stereocenters. The molecule has 0 saturated carbocycles. The van der Waals surface area contributed by atoms with Gasteiger partial charge in [-0.25, -0.2) is 9.78 Å². The van der Waals surface area contributed by atoms with Crippen LogP contribution in [0.5, 0.6) is 11.6 Å². The van der Waals surface area contributed by atoms with Gasteiger partial charge in [0.25, 0.3) is 0 Å². The van der Waals surface area contributed by atoms with Crippen molar-refractivity contribution < 1.29 is 19.7 Å². The minimum Gasteiger partial charge on any atom is -0.477 e. The topological polar surface area (TPSA) is 79.7 Å². The quantitative estimate of drug-likeness (QED) is 0.861. The number of benzene rings is 1. The first-order valence-corrected chi connectivity index (χ1v) is 5.27. The summed E-state index contributed by atoms with van der Waals surface area (Å²) in [6.45, 7) is -0.158. The molecule has 18 heavy (non-hydrogen) atoms. The van der Waals surface area contributed by atoms with Gasteiger partial charge in [0.2, 0.25) is 5.88 Å². The molecule has 5 nitrogen and oxygen atoms in total. The highest BCUT2D eigenvalue weighted by atomic mass is 16.5. The highest BCUT2D eigenvalue weighted by Gasteiger charge is 2.08. The zero-order valence-corrected chi connectivity index (χ0v) is 9.41. The van der Waals surface area contributed by atoms with Gasteiger partial charge in [0, 0.05) is 11.6 Å². The Morgan fingerprint density at radius 2 is 1.94 bits per heavy atom. The maximum absolute atomic E-state index is 10.8. The summed E-state index contributed by atoms with van der Waals surface area (Å²) in [5, 5.41) is 18.0. The van der Waals surface area contributed by atoms with Crippen molar-refractivity contribution in [2.24, 2.45) is 0 Å². The van der Waals surface area contributed by atoms with Gasteiger partial charge in [0.1, 0.15) is 5.75 Å². The molecular formula is C13H11NO4. The Hall–Kier alpha value is -2.40. The van der Waals surface area contributed by atoms with Crippen molar-refractivity contribution in [2.75, 3.05) is 0 Å². The van der Waals surface area contributed by atoms with E-state index < -0.39 is 5.97 Å². The van der Waals surface area contributed by atoms with E-state index in [0.29, 0.717) is 11.3 Å². The molecule has 0 aliphatic carbocycles. The van der Waals surface area contributed by atoms with Crippen LogP contribution in [0.25, 0.3) is 0 Å². The van der Waals surface area contributed by atoms with E-state index in [2.05, 4.69) is 4.98 Å². The summed E-state index contributed by atoms with van der Waals surface area (Å²) in [6.07, 6.45) is 0. The van der Waals surface area contributed by atoms with Gasteiger partial charge in [-0.2, -0.15) is 0 Å². The summed E-state index contributed by atoms with van der Waals surface area (Å²) in [6, 6.07) is 11.4. The van der Waals surface area contributed by atoms with Crippen molar-refractivity contribution >= 4 is 5.97 Å². The summed E-state index contributed by atoms with van der Waals surface area (Å²) >= 11 is 0. The highest BCUT2D eigenvalue weighted by molar-refractivity contribution is 5.85. The van der Waals surface area contributed by atoms with E-state index in [4.69, 9.17) is 14.9 Å². The fourth-order valence-electron chi connectivity index (χ4n) is 1.44. The number of carboxylic acids is 1. The second kappa shape index (κ2) is 5.29. The number of para-hydroxylation sites is 1. The van der Waals surface area contributed by atoms with Gasteiger partial charge in [0.05, 0.1) is 6.61 Å². The Balaban J connectivity index is 2.28. The van der Waals surface area contributed by atoms with Gasteiger partial charge in [-0.15, -0.1) is 0 Å². The first kappa shape index (κ1) is 12.1. The number of aromatic carboxylic acids is 1. The molecule has 0 bridgehead atoms. The predicted octanol–water partition coefficient (Wildman–Crippen LogP) is 2.06. The number of carboxylic acid groups (broad SMARTS) is 1. The van der Waals surface area contributed by atoms with Gasteiger partial charge < -0.3 is 14.9 Å². The molecule has 0 aliphatic rings. The Bertz CT molecular complexity index is 568. The first-order chi connectivity index (χ1) is 8.70. The van der Waals surface area contributed by atoms with Crippen molar-refractivity contribution in [3.05, 3.63) is 53.7 Å². The first-order valence-electron chi connectivity index (χ1n) is 5.27. The Kier molecular flexibility index (Phi) is 3.54. The molecule has 1 heterocycles. The molecule has 1 aromatic heterocycles. The van der Waals surface area contributed by atoms with Crippen molar-refractivity contribution in [3.63, 3.8) is 0 Å². The normalized spacial score (nSPS) is 10.1. The van der Waals surface area contributed by atoms with Crippen molar-refractivity contribution in [3.8, 4) is 11.6 Å². The van der Waals surface area contributed by atoms with Gasteiger partial charge in [-0.3, -0.25) is 0 Å². The van der Waals surface area contributed by atoms with Gasteiger partial charge in [-0.05, 0) is 12.1 Å². The highest BCUT2D eigenvalue weighted by Crippen LogP contribution is 2.23. The number of hydrogen-bond acceptors (Lipinski definition) is 4. The van der Waals surface area contributed by atoms with E-state index >= 15 is 0 Å². The molecule has 2 aromatic rings. The molecule has 0 spiro atoms. The molecule has 0 fully saturated rings. The molecule has 92 valence electrons. The van der Waals surface area contributed by atoms with Crippen LogP contribution in [0.1, 0.15) is 16.1 Å². The molecule has 2 N–H and O–H groups in total. The van der Waals surface area contributed by atoms with Gasteiger partial charge in [-0.1, -0.05) is 24.3 Å². The van der Waals surface area contributed by atoms with Crippen LogP contribution in [0.3, 0.4) is 0 Å². The lowest BCUT2D eigenvalue weighted by atomic mass is 10.2. The van der Waals surface area contributed by atoms with E-state index in [-0.39, 0.29) is 18.2 Å². The molecule has 0 radical (unpaired) electrons. The summed E-state index contributed by atoms with van der Waals surface area (Å²) in [7, 11) is 0. The Labute approximate surface area is 103 Å². The molecule has 2 rings (SSSR count).